The molecule has 4 N–H and O–H groups in total. The number of hydrogen-bond donors (Lipinski definition) is 3. The van der Waals surface area contributed by atoms with Crippen molar-refractivity contribution in [2.45, 2.75) is 39.3 Å². The number of nitrogen functional groups attached to an aromatic ring is 1. The third kappa shape index (κ3) is 5.53. The van der Waals surface area contributed by atoms with Crippen LogP contribution in [-0.2, 0) is 6.54 Å². The number of methoxy groups -OCH3 is 1. The molecule has 0 amide bonds. The van der Waals surface area contributed by atoms with E-state index in [2.05, 4.69) is 45.7 Å². The number of aryl methyl sites for hydroxylation is 1. The third-order valence-corrected chi connectivity index (χ3v) is 8.32. The second kappa shape index (κ2) is 12.0. The molecule has 214 valence electrons. The molecule has 42 heavy (non-hydrogen) atoms. The highest BCUT2D eigenvalue weighted by Crippen LogP contribution is 2.40. The van der Waals surface area contributed by atoms with Gasteiger partial charge < -0.3 is 21.1 Å². The fraction of sp³-hybridized carbons (Fsp3) is 0.273. The number of pyridine rings is 2. The number of nitrogens with two attached hydrogens (primary N) is 1. The van der Waals surface area contributed by atoms with Crippen LogP contribution in [0.15, 0.2) is 60.7 Å². The molecule has 0 atom stereocenters. The largest absolute Gasteiger partial charge is 0.481 e. The lowest BCUT2D eigenvalue weighted by Gasteiger charge is -2.24. The van der Waals surface area contributed by atoms with Crippen LogP contribution >= 0.6 is 11.6 Å². The first-order valence-electron chi connectivity index (χ1n) is 14.2. The predicted octanol–water partition coefficient (Wildman–Crippen LogP) is 6.12. The van der Waals surface area contributed by atoms with Crippen LogP contribution in [0.25, 0.3) is 44.7 Å². The zero-order valence-corrected chi connectivity index (χ0v) is 24.8. The Balaban J connectivity index is 1.33. The van der Waals surface area contributed by atoms with E-state index in [1.165, 1.54) is 0 Å². The van der Waals surface area contributed by atoms with Gasteiger partial charge in [0.2, 0.25) is 5.88 Å². The molecule has 0 bridgehead atoms. The second-order valence-electron chi connectivity index (χ2n) is 10.6. The summed E-state index contributed by atoms with van der Waals surface area (Å²) in [5, 5.41) is 7.69. The highest BCUT2D eigenvalue weighted by atomic mass is 35.5. The Labute approximate surface area is 250 Å². The average Bonchev–Trinajstić information content (AvgIpc) is 3.01. The standard InChI is InChI=1S/C33H34ClN7O/c1-19-23(6-4-7-24(19)27-12-13-29-31(40-27)32(35)39-20(2)38-29)25-8-5-9-26(30(25)34)28-11-10-21(33(41-28)42-3)18-37-22-14-16-36-17-15-22/h4-13,22,36-37H,14-18H2,1-3H3,(H2,35,38,39). The topological polar surface area (TPSA) is 111 Å². The minimum atomic E-state index is 0.375. The Bertz CT molecular complexity index is 1770. The number of halogens is 1. The molecule has 5 aromatic rings. The van der Waals surface area contributed by atoms with Gasteiger partial charge in [-0.05, 0) is 69.1 Å². The number of hydrogen-bond acceptors (Lipinski definition) is 8. The zero-order chi connectivity index (χ0) is 29.2. The Morgan fingerprint density at radius 2 is 1.55 bits per heavy atom. The van der Waals surface area contributed by atoms with Crippen molar-refractivity contribution in [3.05, 3.63) is 82.6 Å². The van der Waals surface area contributed by atoms with Crippen molar-refractivity contribution in [3.63, 3.8) is 0 Å². The molecule has 1 saturated heterocycles. The Morgan fingerprint density at radius 3 is 2.33 bits per heavy atom. The SMILES string of the molecule is COc1nc(-c2cccc(-c3cccc(-c4ccc5nc(C)nc(N)c5n4)c3C)c2Cl)ccc1CNC1CCNCC1. The molecular weight excluding hydrogens is 546 g/mol. The maximum atomic E-state index is 7.11. The summed E-state index contributed by atoms with van der Waals surface area (Å²) in [5.74, 6) is 1.60. The molecule has 0 unspecified atom stereocenters. The minimum Gasteiger partial charge on any atom is -0.481 e. The van der Waals surface area contributed by atoms with Crippen molar-refractivity contribution in [3.8, 4) is 39.5 Å². The molecular formula is C33H34ClN7O. The maximum absolute atomic E-state index is 7.11. The van der Waals surface area contributed by atoms with E-state index in [4.69, 9.17) is 32.0 Å². The van der Waals surface area contributed by atoms with Crippen molar-refractivity contribution in [1.82, 2.24) is 30.6 Å². The molecule has 3 aromatic heterocycles. The third-order valence-electron chi connectivity index (χ3n) is 7.91. The molecule has 4 heterocycles. The molecule has 1 fully saturated rings. The van der Waals surface area contributed by atoms with E-state index < -0.39 is 0 Å². The van der Waals surface area contributed by atoms with Crippen LogP contribution in [0, 0.1) is 13.8 Å². The molecule has 0 radical (unpaired) electrons. The lowest BCUT2D eigenvalue weighted by molar-refractivity contribution is 0.370. The maximum Gasteiger partial charge on any atom is 0.218 e. The van der Waals surface area contributed by atoms with Gasteiger partial charge in [-0.1, -0.05) is 54.1 Å². The Hall–Kier alpha value is -4.11. The Kier molecular flexibility index (Phi) is 8.02. The molecule has 6 rings (SSSR count). The normalized spacial score (nSPS) is 13.9. The van der Waals surface area contributed by atoms with E-state index >= 15 is 0 Å². The average molecular weight is 580 g/mol. The minimum absolute atomic E-state index is 0.375. The molecule has 0 aliphatic carbocycles. The van der Waals surface area contributed by atoms with Crippen LogP contribution in [0.4, 0.5) is 5.82 Å². The summed E-state index contributed by atoms with van der Waals surface area (Å²) >= 11 is 7.11. The number of anilines is 1. The first kappa shape index (κ1) is 28.0. The molecule has 1 aliphatic rings. The van der Waals surface area contributed by atoms with Gasteiger partial charge in [0.25, 0.3) is 0 Å². The number of piperidine rings is 1. The van der Waals surface area contributed by atoms with Gasteiger partial charge in [0.15, 0.2) is 5.82 Å². The van der Waals surface area contributed by atoms with Gasteiger partial charge in [-0.2, -0.15) is 0 Å². The van der Waals surface area contributed by atoms with Crippen LogP contribution in [-0.4, -0.2) is 46.2 Å². The summed E-state index contributed by atoms with van der Waals surface area (Å²) in [6.45, 7) is 6.71. The van der Waals surface area contributed by atoms with Gasteiger partial charge in [0.05, 0.1) is 29.0 Å². The Morgan fingerprint density at radius 1 is 0.857 bits per heavy atom. The van der Waals surface area contributed by atoms with Crippen LogP contribution < -0.4 is 21.1 Å². The number of benzene rings is 2. The molecule has 2 aromatic carbocycles. The number of nitrogens with zero attached hydrogens (tertiary/aromatic N) is 4. The van der Waals surface area contributed by atoms with Gasteiger partial charge >= 0.3 is 0 Å². The summed E-state index contributed by atoms with van der Waals surface area (Å²) in [6.07, 6.45) is 2.24. The lowest BCUT2D eigenvalue weighted by Crippen LogP contribution is -2.39. The second-order valence-corrected chi connectivity index (χ2v) is 11.0. The van der Waals surface area contributed by atoms with Crippen molar-refractivity contribution in [2.75, 3.05) is 25.9 Å². The van der Waals surface area contributed by atoms with E-state index in [0.717, 1.165) is 76.2 Å². The highest BCUT2D eigenvalue weighted by Gasteiger charge is 2.18. The van der Waals surface area contributed by atoms with E-state index in [1.807, 2.05) is 49.4 Å². The van der Waals surface area contributed by atoms with Crippen LogP contribution in [0.3, 0.4) is 0 Å². The van der Waals surface area contributed by atoms with Gasteiger partial charge in [-0.25, -0.2) is 19.9 Å². The molecule has 8 nitrogen and oxygen atoms in total. The van der Waals surface area contributed by atoms with Gasteiger partial charge in [0, 0.05) is 34.8 Å². The summed E-state index contributed by atoms with van der Waals surface area (Å²) in [4.78, 5) is 18.4. The van der Waals surface area contributed by atoms with Gasteiger partial charge in [-0.3, -0.25) is 0 Å². The first-order chi connectivity index (χ1) is 20.4. The number of aromatic nitrogens is 4. The van der Waals surface area contributed by atoms with Crippen molar-refractivity contribution < 1.29 is 4.74 Å². The smallest absolute Gasteiger partial charge is 0.218 e. The molecule has 9 heteroatoms. The highest BCUT2D eigenvalue weighted by molar-refractivity contribution is 6.36. The number of fused-ring (bicyclic) bond motifs is 1. The van der Waals surface area contributed by atoms with E-state index in [1.54, 1.807) is 7.11 Å². The van der Waals surface area contributed by atoms with Crippen LogP contribution in [0.2, 0.25) is 5.02 Å². The first-order valence-corrected chi connectivity index (χ1v) is 14.6. The zero-order valence-electron chi connectivity index (χ0n) is 24.0. The van der Waals surface area contributed by atoms with Gasteiger partial charge in [0.1, 0.15) is 11.3 Å². The van der Waals surface area contributed by atoms with Crippen molar-refractivity contribution in [2.24, 2.45) is 0 Å². The summed E-state index contributed by atoms with van der Waals surface area (Å²) in [5.41, 5.74) is 14.9. The van der Waals surface area contributed by atoms with Crippen LogP contribution in [0.5, 0.6) is 5.88 Å². The molecule has 0 spiro atoms. The number of ether oxygens (including phenoxy) is 1. The number of rotatable bonds is 7. The lowest BCUT2D eigenvalue weighted by atomic mass is 9.93. The fourth-order valence-electron chi connectivity index (χ4n) is 5.66. The van der Waals surface area contributed by atoms with E-state index in [-0.39, 0.29) is 0 Å². The number of nitrogens with one attached hydrogen (secondary N) is 2. The van der Waals surface area contributed by atoms with E-state index in [0.29, 0.717) is 40.6 Å². The molecule has 1 aliphatic heterocycles. The fourth-order valence-corrected chi connectivity index (χ4v) is 5.99. The predicted molar refractivity (Wildman–Crippen MR) is 170 cm³/mol. The molecule has 0 saturated carbocycles. The van der Waals surface area contributed by atoms with Crippen molar-refractivity contribution in [1.29, 1.82) is 0 Å². The van der Waals surface area contributed by atoms with Crippen LogP contribution in [0.1, 0.15) is 29.8 Å². The monoisotopic (exact) mass is 579 g/mol. The van der Waals surface area contributed by atoms with Gasteiger partial charge in [-0.15, -0.1) is 0 Å². The van der Waals surface area contributed by atoms with E-state index in [9.17, 15) is 0 Å². The summed E-state index contributed by atoms with van der Waals surface area (Å²) < 4.78 is 5.70. The summed E-state index contributed by atoms with van der Waals surface area (Å²) in [6, 6.07) is 20.7. The van der Waals surface area contributed by atoms with Crippen molar-refractivity contribution >= 4 is 28.5 Å². The summed E-state index contributed by atoms with van der Waals surface area (Å²) in [7, 11) is 1.66. The quantitative estimate of drug-likeness (QED) is 0.211.